The van der Waals surface area contributed by atoms with Crippen LogP contribution >= 0.6 is 35.7 Å². The highest BCUT2D eigenvalue weighted by atomic mass is 127. The maximum absolute atomic E-state index is 12.2. The van der Waals surface area contributed by atoms with Crippen molar-refractivity contribution in [3.63, 3.8) is 0 Å². The number of thioether (sulfide) groups is 1. The van der Waals surface area contributed by atoms with Crippen LogP contribution in [0.5, 0.6) is 5.75 Å². The van der Waals surface area contributed by atoms with Crippen molar-refractivity contribution in [3.8, 4) is 5.75 Å². The van der Waals surface area contributed by atoms with Gasteiger partial charge in [-0.15, -0.1) is 24.0 Å². The van der Waals surface area contributed by atoms with Gasteiger partial charge in [0, 0.05) is 25.3 Å². The summed E-state index contributed by atoms with van der Waals surface area (Å²) in [7, 11) is 0. The summed E-state index contributed by atoms with van der Waals surface area (Å²) in [6, 6.07) is 9.63. The Balaban J connectivity index is 0.00000420. The standard InChI is InChI=1S/C19H25F2N3O3S.HI/c1-28-12-10-23-19(22-9-8-15-3-2-11-26-15)24-13-17(25)14-4-6-16(7-5-14)27-18(20)21;/h2-7,11,17-18,25H,8-10,12-13H2,1H3,(H2,22,23,24);1H. The lowest BCUT2D eigenvalue weighted by molar-refractivity contribution is -0.0498. The summed E-state index contributed by atoms with van der Waals surface area (Å²) in [6.45, 7) is -1.37. The van der Waals surface area contributed by atoms with E-state index in [1.807, 2.05) is 18.4 Å². The Morgan fingerprint density at radius 1 is 1.21 bits per heavy atom. The van der Waals surface area contributed by atoms with Crippen LogP contribution in [0, 0.1) is 0 Å². The van der Waals surface area contributed by atoms with Gasteiger partial charge in [-0.2, -0.15) is 20.5 Å². The van der Waals surface area contributed by atoms with E-state index in [1.54, 1.807) is 30.2 Å². The Bertz CT molecular complexity index is 703. The number of aliphatic imine (C=N–C) groups is 1. The van der Waals surface area contributed by atoms with Gasteiger partial charge in [0.1, 0.15) is 11.5 Å². The molecule has 0 saturated heterocycles. The van der Waals surface area contributed by atoms with E-state index < -0.39 is 12.7 Å². The molecule has 0 aliphatic carbocycles. The van der Waals surface area contributed by atoms with Gasteiger partial charge in [-0.3, -0.25) is 4.99 Å². The molecule has 1 unspecified atom stereocenters. The number of nitrogens with zero attached hydrogens (tertiary/aromatic N) is 1. The molecule has 29 heavy (non-hydrogen) atoms. The highest BCUT2D eigenvalue weighted by Crippen LogP contribution is 2.19. The van der Waals surface area contributed by atoms with Crippen molar-refractivity contribution >= 4 is 41.7 Å². The highest BCUT2D eigenvalue weighted by molar-refractivity contribution is 14.0. The Morgan fingerprint density at radius 2 is 1.93 bits per heavy atom. The lowest BCUT2D eigenvalue weighted by atomic mass is 10.1. The molecule has 1 heterocycles. The zero-order valence-electron chi connectivity index (χ0n) is 16.0. The summed E-state index contributed by atoms with van der Waals surface area (Å²) in [5.41, 5.74) is 0.574. The van der Waals surface area contributed by atoms with Gasteiger partial charge >= 0.3 is 6.61 Å². The predicted octanol–water partition coefficient (Wildman–Crippen LogP) is 3.67. The molecule has 1 aromatic heterocycles. The number of nitrogens with one attached hydrogen (secondary N) is 2. The summed E-state index contributed by atoms with van der Waals surface area (Å²) in [4.78, 5) is 4.41. The Morgan fingerprint density at radius 3 is 2.55 bits per heavy atom. The highest BCUT2D eigenvalue weighted by Gasteiger charge is 2.10. The molecule has 2 aromatic rings. The number of furan rings is 1. The fourth-order valence-corrected chi connectivity index (χ4v) is 2.67. The number of rotatable bonds is 11. The summed E-state index contributed by atoms with van der Waals surface area (Å²) in [6.07, 6.45) is 3.51. The van der Waals surface area contributed by atoms with Gasteiger partial charge in [0.2, 0.25) is 0 Å². The van der Waals surface area contributed by atoms with Gasteiger partial charge in [0.05, 0.1) is 18.9 Å². The van der Waals surface area contributed by atoms with Crippen LogP contribution in [0.2, 0.25) is 0 Å². The van der Waals surface area contributed by atoms with Gasteiger partial charge in [0.15, 0.2) is 5.96 Å². The Labute approximate surface area is 190 Å². The largest absolute Gasteiger partial charge is 0.469 e. The van der Waals surface area contributed by atoms with Crippen LogP contribution in [-0.2, 0) is 6.42 Å². The molecule has 162 valence electrons. The van der Waals surface area contributed by atoms with Gasteiger partial charge < -0.3 is 24.9 Å². The van der Waals surface area contributed by atoms with Crippen molar-refractivity contribution in [3.05, 3.63) is 54.0 Å². The molecule has 3 N–H and O–H groups in total. The quantitative estimate of drug-likeness (QED) is 0.175. The minimum atomic E-state index is -2.87. The molecule has 0 spiro atoms. The summed E-state index contributed by atoms with van der Waals surface area (Å²) < 4.78 is 34.0. The molecule has 0 aliphatic heterocycles. The van der Waals surface area contributed by atoms with E-state index in [1.165, 1.54) is 12.1 Å². The molecule has 0 amide bonds. The number of ether oxygens (including phenoxy) is 1. The molecule has 1 aromatic carbocycles. The fourth-order valence-electron chi connectivity index (χ4n) is 2.36. The van der Waals surface area contributed by atoms with Crippen LogP contribution in [0.1, 0.15) is 17.4 Å². The summed E-state index contributed by atoms with van der Waals surface area (Å²) in [5.74, 6) is 2.44. The normalized spacial score (nSPS) is 12.4. The first kappa shape index (κ1) is 25.5. The molecule has 0 bridgehead atoms. The van der Waals surface area contributed by atoms with Crippen molar-refractivity contribution < 1.29 is 23.0 Å². The predicted molar refractivity (Wildman–Crippen MR) is 123 cm³/mol. The molecule has 6 nitrogen and oxygen atoms in total. The first-order chi connectivity index (χ1) is 13.6. The number of hydrogen-bond acceptors (Lipinski definition) is 5. The number of aliphatic hydroxyl groups is 1. The lowest BCUT2D eigenvalue weighted by Crippen LogP contribution is -2.39. The van der Waals surface area contributed by atoms with Crippen LogP contribution in [-0.4, -0.2) is 49.3 Å². The fraction of sp³-hybridized carbons (Fsp3) is 0.421. The molecular weight excluding hydrogens is 515 g/mol. The number of aliphatic hydroxyl groups excluding tert-OH is 1. The van der Waals surface area contributed by atoms with Crippen molar-refractivity contribution in [2.45, 2.75) is 19.1 Å². The van der Waals surface area contributed by atoms with E-state index in [0.29, 0.717) is 24.5 Å². The summed E-state index contributed by atoms with van der Waals surface area (Å²) in [5, 5.41) is 16.7. The number of halogens is 3. The van der Waals surface area contributed by atoms with E-state index in [4.69, 9.17) is 4.42 Å². The first-order valence-corrected chi connectivity index (χ1v) is 10.2. The van der Waals surface area contributed by atoms with E-state index in [0.717, 1.165) is 18.1 Å². The lowest BCUT2D eigenvalue weighted by Gasteiger charge is -2.14. The number of guanidine groups is 1. The molecule has 1 atom stereocenters. The van der Waals surface area contributed by atoms with Crippen molar-refractivity contribution in [2.24, 2.45) is 4.99 Å². The second-order valence-corrected chi connectivity index (χ2v) is 6.81. The number of benzene rings is 1. The molecular formula is C19H26F2IN3O3S. The molecule has 0 saturated carbocycles. The topological polar surface area (TPSA) is 79.0 Å². The minimum absolute atomic E-state index is 0. The van der Waals surface area contributed by atoms with E-state index in [9.17, 15) is 13.9 Å². The third-order valence-electron chi connectivity index (χ3n) is 3.75. The molecule has 0 radical (unpaired) electrons. The van der Waals surface area contributed by atoms with Crippen LogP contribution in [0.4, 0.5) is 8.78 Å². The SMILES string of the molecule is CSCCNC(=NCC(O)c1ccc(OC(F)F)cc1)NCCc1ccco1.I. The zero-order chi connectivity index (χ0) is 20.2. The number of hydrogen-bond donors (Lipinski definition) is 3. The van der Waals surface area contributed by atoms with Crippen molar-refractivity contribution in [1.82, 2.24) is 10.6 Å². The van der Waals surface area contributed by atoms with Crippen molar-refractivity contribution in [1.29, 1.82) is 0 Å². The van der Waals surface area contributed by atoms with Gasteiger partial charge in [-0.25, -0.2) is 0 Å². The Kier molecular flexibility index (Phi) is 12.7. The van der Waals surface area contributed by atoms with E-state index in [-0.39, 0.29) is 36.3 Å². The third kappa shape index (κ3) is 10.2. The van der Waals surface area contributed by atoms with Crippen LogP contribution < -0.4 is 15.4 Å². The second kappa shape index (κ2) is 14.5. The van der Waals surface area contributed by atoms with E-state index in [2.05, 4.69) is 20.4 Å². The van der Waals surface area contributed by atoms with Crippen LogP contribution in [0.3, 0.4) is 0 Å². The number of alkyl halides is 2. The van der Waals surface area contributed by atoms with Crippen molar-refractivity contribution in [2.75, 3.05) is 31.6 Å². The molecule has 0 fully saturated rings. The smallest absolute Gasteiger partial charge is 0.387 e. The maximum Gasteiger partial charge on any atom is 0.387 e. The third-order valence-corrected chi connectivity index (χ3v) is 4.37. The summed E-state index contributed by atoms with van der Waals surface area (Å²) >= 11 is 1.72. The average Bonchev–Trinajstić information content (AvgIpc) is 3.19. The van der Waals surface area contributed by atoms with Gasteiger partial charge in [-0.1, -0.05) is 12.1 Å². The Hall–Kier alpha value is -1.53. The molecule has 10 heteroatoms. The molecule has 2 rings (SSSR count). The second-order valence-electron chi connectivity index (χ2n) is 5.83. The molecule has 0 aliphatic rings. The van der Waals surface area contributed by atoms with Gasteiger partial charge in [0.25, 0.3) is 0 Å². The minimum Gasteiger partial charge on any atom is -0.469 e. The first-order valence-electron chi connectivity index (χ1n) is 8.85. The van der Waals surface area contributed by atoms with Crippen LogP contribution in [0.25, 0.3) is 0 Å². The maximum atomic E-state index is 12.2. The monoisotopic (exact) mass is 541 g/mol. The van der Waals surface area contributed by atoms with E-state index >= 15 is 0 Å². The average molecular weight is 541 g/mol. The zero-order valence-corrected chi connectivity index (χ0v) is 19.2. The van der Waals surface area contributed by atoms with Crippen LogP contribution in [0.15, 0.2) is 52.1 Å². The van der Waals surface area contributed by atoms with Gasteiger partial charge in [-0.05, 0) is 36.1 Å².